The van der Waals surface area contributed by atoms with E-state index >= 15 is 0 Å². The fourth-order valence-corrected chi connectivity index (χ4v) is 3.40. The van der Waals surface area contributed by atoms with E-state index in [9.17, 15) is 5.11 Å². The number of nitrogens with zero attached hydrogens (tertiary/aromatic N) is 2. The van der Waals surface area contributed by atoms with Crippen LogP contribution in [0.15, 0.2) is 17.1 Å². The summed E-state index contributed by atoms with van der Waals surface area (Å²) in [6, 6.07) is 3.68. The van der Waals surface area contributed by atoms with Crippen LogP contribution in [-0.2, 0) is 0 Å². The van der Waals surface area contributed by atoms with Crippen molar-refractivity contribution in [3.63, 3.8) is 0 Å². The predicted octanol–water partition coefficient (Wildman–Crippen LogP) is 2.74. The summed E-state index contributed by atoms with van der Waals surface area (Å²) in [4.78, 5) is 7.44. The quantitative estimate of drug-likeness (QED) is 0.666. The second-order valence-electron chi connectivity index (χ2n) is 5.26. The minimum absolute atomic E-state index is 0.454. The number of guanidine groups is 1. The summed E-state index contributed by atoms with van der Waals surface area (Å²) in [6.45, 7) is 4.80. The molecule has 20 heavy (non-hydrogen) atoms. The highest BCUT2D eigenvalue weighted by molar-refractivity contribution is 7.16. The van der Waals surface area contributed by atoms with Crippen LogP contribution in [0.2, 0.25) is 4.34 Å². The lowest BCUT2D eigenvalue weighted by atomic mass is 10.00. The van der Waals surface area contributed by atoms with Gasteiger partial charge >= 0.3 is 0 Å². The standard InChI is InChI=1S/C14H22ClN3OS/c1-10-5-7-18(8-6-10)14(16-2)17-9-11(19)12-3-4-13(15)20-12/h3-4,10-11,19H,5-9H2,1-2H3,(H,16,17). The average Bonchev–Trinajstić information content (AvgIpc) is 2.88. The van der Waals surface area contributed by atoms with E-state index in [0.717, 1.165) is 29.8 Å². The normalized spacial score (nSPS) is 19.2. The van der Waals surface area contributed by atoms with Gasteiger partial charge in [0.05, 0.1) is 4.34 Å². The molecule has 6 heteroatoms. The summed E-state index contributed by atoms with van der Waals surface area (Å²) in [5.41, 5.74) is 0. The van der Waals surface area contributed by atoms with Crippen molar-refractivity contribution in [1.82, 2.24) is 10.2 Å². The third-order valence-electron chi connectivity index (χ3n) is 3.67. The van der Waals surface area contributed by atoms with Crippen LogP contribution in [0.1, 0.15) is 30.7 Å². The van der Waals surface area contributed by atoms with Gasteiger partial charge in [0.15, 0.2) is 5.96 Å². The maximum absolute atomic E-state index is 10.1. The van der Waals surface area contributed by atoms with Crippen LogP contribution < -0.4 is 5.32 Å². The number of nitrogens with one attached hydrogen (secondary N) is 1. The SMILES string of the molecule is CN=C(NCC(O)c1ccc(Cl)s1)N1CCC(C)CC1. The molecule has 0 aromatic carbocycles. The number of rotatable bonds is 3. The molecular formula is C14H22ClN3OS. The first-order chi connectivity index (χ1) is 9.60. The molecule has 1 aliphatic rings. The van der Waals surface area contributed by atoms with Crippen molar-refractivity contribution in [2.45, 2.75) is 25.9 Å². The van der Waals surface area contributed by atoms with Gasteiger partial charge in [-0.25, -0.2) is 0 Å². The summed E-state index contributed by atoms with van der Waals surface area (Å²) >= 11 is 7.30. The monoisotopic (exact) mass is 315 g/mol. The highest BCUT2D eigenvalue weighted by Crippen LogP contribution is 2.26. The van der Waals surface area contributed by atoms with Gasteiger partial charge in [-0.2, -0.15) is 0 Å². The number of likely N-dealkylation sites (tertiary alicyclic amines) is 1. The minimum Gasteiger partial charge on any atom is -0.386 e. The number of aliphatic hydroxyl groups excluding tert-OH is 1. The maximum atomic E-state index is 10.1. The Morgan fingerprint density at radius 2 is 2.25 bits per heavy atom. The number of thiophene rings is 1. The van der Waals surface area contributed by atoms with E-state index in [1.165, 1.54) is 24.2 Å². The Kier molecular flexibility index (Phi) is 5.69. The molecular weight excluding hydrogens is 294 g/mol. The molecule has 1 atom stereocenters. The molecule has 0 aliphatic carbocycles. The topological polar surface area (TPSA) is 47.9 Å². The smallest absolute Gasteiger partial charge is 0.193 e. The summed E-state index contributed by atoms with van der Waals surface area (Å²) in [7, 11) is 1.79. The van der Waals surface area contributed by atoms with E-state index in [1.54, 1.807) is 7.05 Å². The Morgan fingerprint density at radius 3 is 2.80 bits per heavy atom. The van der Waals surface area contributed by atoms with Crippen LogP contribution in [0.5, 0.6) is 0 Å². The van der Waals surface area contributed by atoms with Gasteiger partial charge in [-0.3, -0.25) is 4.99 Å². The lowest BCUT2D eigenvalue weighted by molar-refractivity contribution is 0.181. The lowest BCUT2D eigenvalue weighted by Crippen LogP contribution is -2.46. The summed E-state index contributed by atoms with van der Waals surface area (Å²) in [5, 5.41) is 13.4. The van der Waals surface area contributed by atoms with Crippen molar-refractivity contribution in [2.75, 3.05) is 26.7 Å². The second-order valence-corrected chi connectivity index (χ2v) is 7.00. The van der Waals surface area contributed by atoms with Crippen LogP contribution in [0.4, 0.5) is 0 Å². The molecule has 0 saturated carbocycles. The van der Waals surface area contributed by atoms with E-state index < -0.39 is 6.10 Å². The van der Waals surface area contributed by atoms with Gasteiger partial charge in [0.25, 0.3) is 0 Å². The molecule has 1 aromatic rings. The Bertz CT molecular complexity index is 455. The fourth-order valence-electron chi connectivity index (χ4n) is 2.35. The number of piperidine rings is 1. The molecule has 2 heterocycles. The van der Waals surface area contributed by atoms with Crippen molar-refractivity contribution in [2.24, 2.45) is 10.9 Å². The molecule has 112 valence electrons. The van der Waals surface area contributed by atoms with Crippen LogP contribution in [0.25, 0.3) is 0 Å². The van der Waals surface area contributed by atoms with Gasteiger partial charge < -0.3 is 15.3 Å². The summed E-state index contributed by atoms with van der Waals surface area (Å²) in [5.74, 6) is 1.67. The molecule has 2 rings (SSSR count). The Balaban J connectivity index is 1.85. The van der Waals surface area contributed by atoms with Gasteiger partial charge in [0, 0.05) is 31.6 Å². The Hall–Kier alpha value is -0.780. The highest BCUT2D eigenvalue weighted by Gasteiger charge is 2.19. The van der Waals surface area contributed by atoms with Crippen LogP contribution in [0.3, 0.4) is 0 Å². The van der Waals surface area contributed by atoms with Crippen LogP contribution in [0, 0.1) is 5.92 Å². The number of halogens is 1. The second kappa shape index (κ2) is 7.29. The van der Waals surface area contributed by atoms with Crippen molar-refractivity contribution in [1.29, 1.82) is 0 Å². The molecule has 0 amide bonds. The minimum atomic E-state index is -0.548. The molecule has 2 N–H and O–H groups in total. The van der Waals surface area contributed by atoms with Gasteiger partial charge in [-0.05, 0) is 30.9 Å². The van der Waals surface area contributed by atoms with E-state index in [1.807, 2.05) is 12.1 Å². The van der Waals surface area contributed by atoms with Gasteiger partial charge in [-0.15, -0.1) is 11.3 Å². The van der Waals surface area contributed by atoms with Crippen molar-refractivity contribution in [3.05, 3.63) is 21.3 Å². The Morgan fingerprint density at radius 1 is 1.55 bits per heavy atom. The summed E-state index contributed by atoms with van der Waals surface area (Å²) < 4.78 is 0.702. The van der Waals surface area contributed by atoms with E-state index in [-0.39, 0.29) is 0 Å². The molecule has 0 spiro atoms. The molecule has 0 radical (unpaired) electrons. The third-order valence-corrected chi connectivity index (χ3v) is 5.00. The highest BCUT2D eigenvalue weighted by atomic mass is 35.5. The first-order valence-electron chi connectivity index (χ1n) is 6.99. The largest absolute Gasteiger partial charge is 0.386 e. The Labute approximate surface area is 129 Å². The zero-order valence-electron chi connectivity index (χ0n) is 12.0. The molecule has 1 saturated heterocycles. The third kappa shape index (κ3) is 4.11. The zero-order chi connectivity index (χ0) is 14.5. The van der Waals surface area contributed by atoms with Gasteiger partial charge in [0.1, 0.15) is 6.10 Å². The van der Waals surface area contributed by atoms with Crippen LogP contribution >= 0.6 is 22.9 Å². The lowest BCUT2D eigenvalue weighted by Gasteiger charge is -2.33. The van der Waals surface area contributed by atoms with E-state index in [2.05, 4.69) is 22.1 Å². The number of hydrogen-bond acceptors (Lipinski definition) is 3. The number of aliphatic imine (C=N–C) groups is 1. The van der Waals surface area contributed by atoms with Crippen molar-refractivity contribution in [3.8, 4) is 0 Å². The molecule has 1 aliphatic heterocycles. The fraction of sp³-hybridized carbons (Fsp3) is 0.643. The zero-order valence-corrected chi connectivity index (χ0v) is 13.5. The summed E-state index contributed by atoms with van der Waals surface area (Å²) in [6.07, 6.45) is 1.85. The predicted molar refractivity (Wildman–Crippen MR) is 85.6 cm³/mol. The molecule has 4 nitrogen and oxygen atoms in total. The average molecular weight is 316 g/mol. The van der Waals surface area contributed by atoms with Gasteiger partial charge in [-0.1, -0.05) is 18.5 Å². The van der Waals surface area contributed by atoms with E-state index in [4.69, 9.17) is 11.6 Å². The first kappa shape index (κ1) is 15.6. The van der Waals surface area contributed by atoms with Crippen molar-refractivity contribution >= 4 is 28.9 Å². The number of hydrogen-bond donors (Lipinski definition) is 2. The molecule has 1 unspecified atom stereocenters. The molecule has 1 aromatic heterocycles. The molecule has 1 fully saturated rings. The van der Waals surface area contributed by atoms with Crippen LogP contribution in [-0.4, -0.2) is 42.6 Å². The first-order valence-corrected chi connectivity index (χ1v) is 8.18. The maximum Gasteiger partial charge on any atom is 0.193 e. The van der Waals surface area contributed by atoms with Gasteiger partial charge in [0.2, 0.25) is 0 Å². The van der Waals surface area contributed by atoms with E-state index in [0.29, 0.717) is 10.9 Å². The molecule has 0 bridgehead atoms. The number of aliphatic hydroxyl groups is 1. The van der Waals surface area contributed by atoms with Crippen molar-refractivity contribution < 1.29 is 5.11 Å².